The summed E-state index contributed by atoms with van der Waals surface area (Å²) in [6, 6.07) is 5.38. The molecule has 1 aromatic rings. The van der Waals surface area contributed by atoms with E-state index in [9.17, 15) is 4.79 Å². The maximum absolute atomic E-state index is 12.2. The zero-order valence-electron chi connectivity index (χ0n) is 12.4. The average Bonchev–Trinajstić information content (AvgIpc) is 3.00. The van der Waals surface area contributed by atoms with Gasteiger partial charge in [0, 0.05) is 24.6 Å². The van der Waals surface area contributed by atoms with E-state index >= 15 is 0 Å². The monoisotopic (exact) mass is 279 g/mol. The molecule has 1 saturated heterocycles. The Hall–Kier alpha value is -1.75. The predicted octanol–water partition coefficient (Wildman–Crippen LogP) is 0.709. The lowest BCUT2D eigenvalue weighted by Gasteiger charge is -2.20. The SMILES string of the molecule is COc1ccc(NC(=O)[C@H](C)[NH+]2CCCC2)cc1OC. The molecule has 5 heteroatoms. The number of quaternary nitrogens is 1. The van der Waals surface area contributed by atoms with Crippen molar-refractivity contribution >= 4 is 11.6 Å². The van der Waals surface area contributed by atoms with Gasteiger partial charge in [-0.2, -0.15) is 0 Å². The van der Waals surface area contributed by atoms with E-state index in [0.717, 1.165) is 18.8 Å². The number of benzene rings is 1. The number of carbonyl (C=O) groups excluding carboxylic acids is 1. The molecule has 1 heterocycles. The van der Waals surface area contributed by atoms with E-state index in [-0.39, 0.29) is 11.9 Å². The fraction of sp³-hybridized carbons (Fsp3) is 0.533. The summed E-state index contributed by atoms with van der Waals surface area (Å²) in [6.07, 6.45) is 2.42. The van der Waals surface area contributed by atoms with Crippen LogP contribution >= 0.6 is 0 Å². The van der Waals surface area contributed by atoms with Gasteiger partial charge in [-0.05, 0) is 19.1 Å². The third-order valence-electron chi connectivity index (χ3n) is 3.90. The Morgan fingerprint density at radius 3 is 2.45 bits per heavy atom. The van der Waals surface area contributed by atoms with Crippen LogP contribution in [0.5, 0.6) is 11.5 Å². The number of methoxy groups -OCH3 is 2. The van der Waals surface area contributed by atoms with Crippen molar-refractivity contribution in [2.75, 3.05) is 32.6 Å². The molecule has 2 N–H and O–H groups in total. The van der Waals surface area contributed by atoms with Gasteiger partial charge in [0.05, 0.1) is 27.3 Å². The quantitative estimate of drug-likeness (QED) is 0.834. The van der Waals surface area contributed by atoms with Crippen molar-refractivity contribution in [3.8, 4) is 11.5 Å². The van der Waals surface area contributed by atoms with Gasteiger partial charge in [-0.3, -0.25) is 4.79 Å². The summed E-state index contributed by atoms with van der Waals surface area (Å²) in [5.74, 6) is 1.32. The molecule has 110 valence electrons. The maximum Gasteiger partial charge on any atom is 0.282 e. The smallest absolute Gasteiger partial charge is 0.282 e. The topological polar surface area (TPSA) is 52.0 Å². The van der Waals surface area contributed by atoms with Crippen molar-refractivity contribution in [1.29, 1.82) is 0 Å². The average molecular weight is 279 g/mol. The minimum atomic E-state index is -0.0226. The van der Waals surface area contributed by atoms with Gasteiger partial charge >= 0.3 is 0 Å². The van der Waals surface area contributed by atoms with E-state index in [4.69, 9.17) is 9.47 Å². The van der Waals surface area contributed by atoms with Crippen molar-refractivity contribution in [2.45, 2.75) is 25.8 Å². The lowest BCUT2D eigenvalue weighted by atomic mass is 10.2. The lowest BCUT2D eigenvalue weighted by molar-refractivity contribution is -0.901. The third-order valence-corrected chi connectivity index (χ3v) is 3.90. The first-order valence-electron chi connectivity index (χ1n) is 7.03. The molecule has 1 aliphatic rings. The number of carbonyl (C=O) groups is 1. The molecule has 1 aromatic carbocycles. The van der Waals surface area contributed by atoms with Gasteiger partial charge in [0.25, 0.3) is 5.91 Å². The van der Waals surface area contributed by atoms with E-state index in [1.165, 1.54) is 17.7 Å². The molecule has 5 nitrogen and oxygen atoms in total. The predicted molar refractivity (Wildman–Crippen MR) is 77.6 cm³/mol. The number of rotatable bonds is 5. The molecule has 0 radical (unpaired) electrons. The summed E-state index contributed by atoms with van der Waals surface area (Å²) in [4.78, 5) is 13.6. The molecule has 0 unspecified atom stereocenters. The molecular weight excluding hydrogens is 256 g/mol. The molecule has 0 aromatic heterocycles. The number of hydrogen-bond donors (Lipinski definition) is 2. The third kappa shape index (κ3) is 3.22. The van der Waals surface area contributed by atoms with Crippen LogP contribution in [-0.2, 0) is 4.79 Å². The van der Waals surface area contributed by atoms with Gasteiger partial charge in [0.2, 0.25) is 0 Å². The lowest BCUT2D eigenvalue weighted by Crippen LogP contribution is -3.14. The molecule has 1 fully saturated rings. The van der Waals surface area contributed by atoms with E-state index in [1.54, 1.807) is 26.4 Å². The minimum absolute atomic E-state index is 0.0226. The first kappa shape index (κ1) is 14.7. The fourth-order valence-electron chi connectivity index (χ4n) is 2.61. The highest BCUT2D eigenvalue weighted by Gasteiger charge is 2.27. The van der Waals surface area contributed by atoms with Gasteiger partial charge in [0.15, 0.2) is 17.5 Å². The Labute approximate surface area is 119 Å². The van der Waals surface area contributed by atoms with Crippen LogP contribution in [-0.4, -0.2) is 39.3 Å². The molecule has 1 amide bonds. The molecule has 1 aliphatic heterocycles. The zero-order chi connectivity index (χ0) is 14.5. The second-order valence-electron chi connectivity index (χ2n) is 5.15. The Morgan fingerprint density at radius 2 is 1.85 bits per heavy atom. The number of anilines is 1. The zero-order valence-corrected chi connectivity index (χ0v) is 12.4. The van der Waals surface area contributed by atoms with E-state index in [1.807, 2.05) is 13.0 Å². The van der Waals surface area contributed by atoms with E-state index < -0.39 is 0 Å². The van der Waals surface area contributed by atoms with Crippen LogP contribution in [0.25, 0.3) is 0 Å². The van der Waals surface area contributed by atoms with Gasteiger partial charge in [-0.1, -0.05) is 0 Å². The first-order valence-corrected chi connectivity index (χ1v) is 7.03. The number of hydrogen-bond acceptors (Lipinski definition) is 3. The fourth-order valence-corrected chi connectivity index (χ4v) is 2.61. The van der Waals surface area contributed by atoms with Crippen molar-refractivity contribution < 1.29 is 19.2 Å². The largest absolute Gasteiger partial charge is 0.493 e. The standard InChI is InChI=1S/C15H22N2O3/c1-11(17-8-4-5-9-17)15(18)16-12-6-7-13(19-2)14(10-12)20-3/h6-7,10-11H,4-5,8-9H2,1-3H3,(H,16,18)/p+1/t11-/m0/s1. The molecule has 0 saturated carbocycles. The van der Waals surface area contributed by atoms with Crippen molar-refractivity contribution in [3.63, 3.8) is 0 Å². The summed E-state index contributed by atoms with van der Waals surface area (Å²) in [6.45, 7) is 4.15. The minimum Gasteiger partial charge on any atom is -0.493 e. The van der Waals surface area contributed by atoms with Crippen molar-refractivity contribution in [3.05, 3.63) is 18.2 Å². The van der Waals surface area contributed by atoms with Crippen LogP contribution in [0, 0.1) is 0 Å². The first-order chi connectivity index (χ1) is 9.65. The van der Waals surface area contributed by atoms with Gasteiger partial charge < -0.3 is 19.7 Å². The van der Waals surface area contributed by atoms with Gasteiger partial charge in [-0.15, -0.1) is 0 Å². The van der Waals surface area contributed by atoms with Crippen LogP contribution in [0.3, 0.4) is 0 Å². The Morgan fingerprint density at radius 1 is 1.20 bits per heavy atom. The summed E-state index contributed by atoms with van der Waals surface area (Å²) in [5.41, 5.74) is 0.734. The highest BCUT2D eigenvalue weighted by Crippen LogP contribution is 2.29. The van der Waals surface area contributed by atoms with Crippen LogP contribution in [0.4, 0.5) is 5.69 Å². The molecular formula is C15H23N2O3+. The molecule has 0 aliphatic carbocycles. The number of nitrogens with one attached hydrogen (secondary N) is 2. The Balaban J connectivity index is 2.03. The van der Waals surface area contributed by atoms with Crippen molar-refractivity contribution in [1.82, 2.24) is 0 Å². The second-order valence-corrected chi connectivity index (χ2v) is 5.15. The van der Waals surface area contributed by atoms with Gasteiger partial charge in [0.1, 0.15) is 0 Å². The number of amides is 1. The number of likely N-dealkylation sites (tertiary alicyclic amines) is 1. The number of ether oxygens (including phenoxy) is 2. The molecule has 0 spiro atoms. The summed E-state index contributed by atoms with van der Waals surface area (Å²) < 4.78 is 10.4. The summed E-state index contributed by atoms with van der Waals surface area (Å²) >= 11 is 0. The van der Waals surface area contributed by atoms with Gasteiger partial charge in [-0.25, -0.2) is 0 Å². The Bertz CT molecular complexity index is 470. The normalized spacial score (nSPS) is 16.8. The molecule has 2 rings (SSSR count). The summed E-state index contributed by atoms with van der Waals surface area (Å²) in [5, 5.41) is 2.95. The molecule has 1 atom stereocenters. The highest BCUT2D eigenvalue weighted by molar-refractivity contribution is 5.93. The Kier molecular flexibility index (Phi) is 4.84. The molecule has 20 heavy (non-hydrogen) atoms. The molecule has 0 bridgehead atoms. The van der Waals surface area contributed by atoms with Crippen LogP contribution < -0.4 is 19.7 Å². The van der Waals surface area contributed by atoms with Crippen LogP contribution in [0.15, 0.2) is 18.2 Å². The van der Waals surface area contributed by atoms with Crippen LogP contribution in [0.2, 0.25) is 0 Å². The highest BCUT2D eigenvalue weighted by atomic mass is 16.5. The van der Waals surface area contributed by atoms with Crippen molar-refractivity contribution in [2.24, 2.45) is 0 Å². The van der Waals surface area contributed by atoms with Crippen LogP contribution in [0.1, 0.15) is 19.8 Å². The maximum atomic E-state index is 12.2. The van der Waals surface area contributed by atoms with E-state index in [0.29, 0.717) is 11.5 Å². The van der Waals surface area contributed by atoms with E-state index in [2.05, 4.69) is 5.32 Å². The second kappa shape index (κ2) is 6.61. The summed E-state index contributed by atoms with van der Waals surface area (Å²) in [7, 11) is 3.18.